The summed E-state index contributed by atoms with van der Waals surface area (Å²) < 4.78 is 0.449. The number of aromatic nitrogens is 1. The van der Waals surface area contributed by atoms with Crippen molar-refractivity contribution in [2.45, 2.75) is 6.54 Å². The molecule has 1 aromatic heterocycles. The lowest BCUT2D eigenvalue weighted by atomic mass is 10.2. The smallest absolute Gasteiger partial charge is 0.337 e. The lowest BCUT2D eigenvalue weighted by Gasteiger charge is -2.10. The van der Waals surface area contributed by atoms with Crippen LogP contribution in [-0.4, -0.2) is 16.1 Å². The van der Waals surface area contributed by atoms with Crippen LogP contribution in [0.15, 0.2) is 24.4 Å². The van der Waals surface area contributed by atoms with Crippen molar-refractivity contribution in [1.29, 1.82) is 0 Å². The average molecular weight is 303 g/mol. The van der Waals surface area contributed by atoms with Crippen LogP contribution in [-0.2, 0) is 6.54 Å². The molecule has 0 aliphatic rings. The zero-order valence-corrected chi connectivity index (χ0v) is 11.3. The van der Waals surface area contributed by atoms with Gasteiger partial charge in [-0.2, -0.15) is 0 Å². The monoisotopic (exact) mass is 302 g/mol. The molecular formula is C11H8Cl2N2O2S. The van der Waals surface area contributed by atoms with Gasteiger partial charge in [0.1, 0.15) is 0 Å². The van der Waals surface area contributed by atoms with E-state index in [4.69, 9.17) is 28.3 Å². The number of carboxylic acid groups (broad SMARTS) is 1. The second-order valence-corrected chi connectivity index (χ2v) is 5.51. The maximum Gasteiger partial charge on any atom is 0.337 e. The number of aromatic carboxylic acids is 1. The van der Waals surface area contributed by atoms with Crippen molar-refractivity contribution in [3.05, 3.63) is 44.3 Å². The predicted molar refractivity (Wildman–Crippen MR) is 72.9 cm³/mol. The van der Waals surface area contributed by atoms with Crippen LogP contribution in [0.3, 0.4) is 0 Å². The summed E-state index contributed by atoms with van der Waals surface area (Å²) in [4.78, 5) is 15.9. The number of benzene rings is 1. The highest BCUT2D eigenvalue weighted by Crippen LogP contribution is 2.27. The molecule has 1 heterocycles. The first kappa shape index (κ1) is 13.1. The lowest BCUT2D eigenvalue weighted by Crippen LogP contribution is -2.06. The summed E-state index contributed by atoms with van der Waals surface area (Å²) in [6, 6.07) is 4.73. The van der Waals surface area contributed by atoms with Gasteiger partial charge >= 0.3 is 5.97 Å². The minimum absolute atomic E-state index is 0.137. The lowest BCUT2D eigenvalue weighted by molar-refractivity contribution is 0.0698. The highest BCUT2D eigenvalue weighted by Gasteiger charge is 2.13. The van der Waals surface area contributed by atoms with Gasteiger partial charge < -0.3 is 10.4 Å². The molecule has 0 saturated carbocycles. The summed E-state index contributed by atoms with van der Waals surface area (Å²) in [5, 5.41) is 12.4. The molecule has 0 spiro atoms. The van der Waals surface area contributed by atoms with Gasteiger partial charge in [-0.3, -0.25) is 0 Å². The number of hydrogen-bond donors (Lipinski definition) is 2. The zero-order chi connectivity index (χ0) is 13.1. The average Bonchev–Trinajstić information content (AvgIpc) is 2.73. The summed E-state index contributed by atoms with van der Waals surface area (Å²) >= 11 is 13.0. The Labute approximate surface area is 117 Å². The molecule has 0 unspecified atom stereocenters. The van der Waals surface area contributed by atoms with Crippen LogP contribution in [0.4, 0.5) is 5.69 Å². The van der Waals surface area contributed by atoms with Gasteiger partial charge in [-0.15, -0.1) is 11.3 Å². The Hall–Kier alpha value is -1.30. The van der Waals surface area contributed by atoms with Gasteiger partial charge in [0.2, 0.25) is 0 Å². The number of nitrogens with one attached hydrogen (secondary N) is 1. The molecule has 0 bridgehead atoms. The Kier molecular flexibility index (Phi) is 4.06. The van der Waals surface area contributed by atoms with Gasteiger partial charge in [0.25, 0.3) is 0 Å². The number of para-hydroxylation sites is 1. The van der Waals surface area contributed by atoms with E-state index in [1.807, 2.05) is 0 Å². The molecule has 0 aliphatic carbocycles. The second kappa shape index (κ2) is 5.56. The van der Waals surface area contributed by atoms with E-state index in [1.54, 1.807) is 18.3 Å². The normalized spacial score (nSPS) is 10.3. The van der Waals surface area contributed by atoms with Crippen LogP contribution in [0.2, 0.25) is 9.49 Å². The van der Waals surface area contributed by atoms with E-state index in [9.17, 15) is 4.79 Å². The minimum atomic E-state index is -1.03. The molecule has 94 valence electrons. The third-order valence-corrected chi connectivity index (χ3v) is 3.64. The quantitative estimate of drug-likeness (QED) is 0.902. The Morgan fingerprint density at radius 3 is 2.83 bits per heavy atom. The number of rotatable bonds is 4. The number of carboxylic acids is 1. The molecule has 7 heteroatoms. The molecule has 2 N–H and O–H groups in total. The van der Waals surface area contributed by atoms with Crippen LogP contribution in [0, 0.1) is 0 Å². The summed E-state index contributed by atoms with van der Waals surface area (Å²) in [6.45, 7) is 0.425. The molecule has 0 aliphatic heterocycles. The summed E-state index contributed by atoms with van der Waals surface area (Å²) in [6.07, 6.45) is 1.64. The van der Waals surface area contributed by atoms with E-state index in [2.05, 4.69) is 10.3 Å². The summed E-state index contributed by atoms with van der Waals surface area (Å²) in [7, 11) is 0. The molecule has 1 aromatic carbocycles. The van der Waals surface area contributed by atoms with E-state index in [-0.39, 0.29) is 5.56 Å². The first-order valence-corrected chi connectivity index (χ1v) is 6.51. The molecule has 4 nitrogen and oxygen atoms in total. The van der Waals surface area contributed by atoms with Crippen molar-refractivity contribution in [3.8, 4) is 0 Å². The number of hydrogen-bond acceptors (Lipinski definition) is 4. The number of carbonyl (C=O) groups is 1. The molecular weight excluding hydrogens is 295 g/mol. The molecule has 2 rings (SSSR count). The first-order valence-electron chi connectivity index (χ1n) is 4.94. The molecule has 0 radical (unpaired) electrons. The summed E-state index contributed by atoms with van der Waals surface area (Å²) in [5.74, 6) is -1.03. The van der Waals surface area contributed by atoms with E-state index in [1.165, 1.54) is 17.4 Å². The van der Waals surface area contributed by atoms with Gasteiger partial charge in [-0.1, -0.05) is 29.3 Å². The number of thiazole rings is 1. The molecule has 2 aromatic rings. The highest BCUT2D eigenvalue weighted by atomic mass is 35.5. The predicted octanol–water partition coefficient (Wildman–Crippen LogP) is 3.76. The van der Waals surface area contributed by atoms with Crippen molar-refractivity contribution in [3.63, 3.8) is 0 Å². The van der Waals surface area contributed by atoms with E-state index < -0.39 is 5.97 Å². The third-order valence-electron chi connectivity index (χ3n) is 2.21. The Morgan fingerprint density at radius 2 is 2.22 bits per heavy atom. The number of anilines is 1. The van der Waals surface area contributed by atoms with Crippen LogP contribution in [0.5, 0.6) is 0 Å². The van der Waals surface area contributed by atoms with Gasteiger partial charge in [0.15, 0.2) is 4.47 Å². The third kappa shape index (κ3) is 2.93. The van der Waals surface area contributed by atoms with Crippen LogP contribution >= 0.6 is 34.5 Å². The SMILES string of the molecule is O=C(O)c1cccc(Cl)c1NCc1cnc(Cl)s1. The van der Waals surface area contributed by atoms with Gasteiger partial charge in [0, 0.05) is 11.1 Å². The van der Waals surface area contributed by atoms with Crippen molar-refractivity contribution in [1.82, 2.24) is 4.98 Å². The number of halogens is 2. The van der Waals surface area contributed by atoms with Crippen molar-refractivity contribution in [2.75, 3.05) is 5.32 Å². The molecule has 0 saturated heterocycles. The molecule has 0 fully saturated rings. The van der Waals surface area contributed by atoms with Crippen LogP contribution < -0.4 is 5.32 Å². The first-order chi connectivity index (χ1) is 8.58. The zero-order valence-electron chi connectivity index (χ0n) is 8.98. The summed E-state index contributed by atoms with van der Waals surface area (Å²) in [5.41, 5.74) is 0.536. The fourth-order valence-corrected chi connectivity index (χ4v) is 2.58. The Morgan fingerprint density at radius 1 is 1.44 bits per heavy atom. The fourth-order valence-electron chi connectivity index (χ4n) is 1.42. The largest absolute Gasteiger partial charge is 0.478 e. The topological polar surface area (TPSA) is 62.2 Å². The minimum Gasteiger partial charge on any atom is -0.478 e. The highest BCUT2D eigenvalue weighted by molar-refractivity contribution is 7.15. The van der Waals surface area contributed by atoms with Gasteiger partial charge in [-0.05, 0) is 12.1 Å². The van der Waals surface area contributed by atoms with Crippen molar-refractivity contribution >= 4 is 46.2 Å². The van der Waals surface area contributed by atoms with Gasteiger partial charge in [-0.25, -0.2) is 9.78 Å². The fraction of sp³-hybridized carbons (Fsp3) is 0.0909. The van der Waals surface area contributed by atoms with Crippen molar-refractivity contribution < 1.29 is 9.90 Å². The van der Waals surface area contributed by atoms with Crippen LogP contribution in [0.25, 0.3) is 0 Å². The van der Waals surface area contributed by atoms with E-state index in [0.29, 0.717) is 21.7 Å². The van der Waals surface area contributed by atoms with E-state index in [0.717, 1.165) is 4.88 Å². The maximum atomic E-state index is 11.1. The molecule has 0 amide bonds. The molecule has 18 heavy (non-hydrogen) atoms. The van der Waals surface area contributed by atoms with Crippen molar-refractivity contribution in [2.24, 2.45) is 0 Å². The Balaban J connectivity index is 2.20. The van der Waals surface area contributed by atoms with E-state index >= 15 is 0 Å². The molecule has 0 atom stereocenters. The standard InChI is InChI=1S/C11H8Cl2N2O2S/c12-8-3-1-2-7(10(16)17)9(8)14-4-6-5-15-11(13)18-6/h1-3,5,14H,4H2,(H,16,17). The number of nitrogens with zero attached hydrogens (tertiary/aromatic N) is 1. The second-order valence-electron chi connectivity index (χ2n) is 3.40. The maximum absolute atomic E-state index is 11.1. The van der Waals surface area contributed by atoms with Crippen LogP contribution in [0.1, 0.15) is 15.2 Å². The van der Waals surface area contributed by atoms with Gasteiger partial charge in [0.05, 0.1) is 22.8 Å². The Bertz CT molecular complexity index is 586.